The lowest BCUT2D eigenvalue weighted by molar-refractivity contribution is 0.242. The summed E-state index contributed by atoms with van der Waals surface area (Å²) in [4.78, 5) is 10.9. The molecule has 0 fully saturated rings. The third-order valence-corrected chi connectivity index (χ3v) is 3.72. The van der Waals surface area contributed by atoms with Gasteiger partial charge in [0.2, 0.25) is 0 Å². The molecule has 0 aliphatic heterocycles. The minimum atomic E-state index is -0.283. The van der Waals surface area contributed by atoms with Gasteiger partial charge < -0.3 is 5.73 Å². The van der Waals surface area contributed by atoms with Crippen molar-refractivity contribution in [2.24, 2.45) is 0 Å². The largest absolute Gasteiger partial charge is 0.398 e. The van der Waals surface area contributed by atoms with Crippen LogP contribution in [0.2, 0.25) is 0 Å². The van der Waals surface area contributed by atoms with Gasteiger partial charge in [-0.05, 0) is 48.0 Å². The molecule has 24 heavy (non-hydrogen) atoms. The van der Waals surface area contributed by atoms with Crippen molar-refractivity contribution in [3.63, 3.8) is 0 Å². The van der Waals surface area contributed by atoms with E-state index >= 15 is 0 Å². The predicted molar refractivity (Wildman–Crippen MR) is 92.2 cm³/mol. The smallest absolute Gasteiger partial charge is 0.123 e. The normalized spacial score (nSPS) is 10.9. The van der Waals surface area contributed by atoms with Gasteiger partial charge >= 0.3 is 0 Å². The van der Waals surface area contributed by atoms with Crippen LogP contribution in [-0.2, 0) is 19.6 Å². The van der Waals surface area contributed by atoms with Crippen molar-refractivity contribution < 1.29 is 4.39 Å². The van der Waals surface area contributed by atoms with Gasteiger partial charge in [-0.3, -0.25) is 14.9 Å². The van der Waals surface area contributed by atoms with Crippen LogP contribution in [0.25, 0.3) is 0 Å². The zero-order valence-electron chi connectivity index (χ0n) is 13.3. The molecule has 0 saturated carbocycles. The van der Waals surface area contributed by atoms with Gasteiger partial charge in [-0.15, -0.1) is 0 Å². The summed E-state index contributed by atoms with van der Waals surface area (Å²) in [7, 11) is 0. The summed E-state index contributed by atoms with van der Waals surface area (Å²) in [5, 5.41) is 0. The molecule has 2 aromatic heterocycles. The van der Waals surface area contributed by atoms with Crippen LogP contribution in [0.3, 0.4) is 0 Å². The van der Waals surface area contributed by atoms with Crippen molar-refractivity contribution in [2.75, 3.05) is 5.73 Å². The summed E-state index contributed by atoms with van der Waals surface area (Å²) < 4.78 is 13.6. The van der Waals surface area contributed by atoms with Crippen LogP contribution in [0.4, 0.5) is 10.1 Å². The van der Waals surface area contributed by atoms with Gasteiger partial charge in [-0.25, -0.2) is 4.39 Å². The molecule has 2 N–H and O–H groups in total. The Morgan fingerprint density at radius 1 is 0.833 bits per heavy atom. The third kappa shape index (κ3) is 4.36. The van der Waals surface area contributed by atoms with E-state index in [4.69, 9.17) is 5.73 Å². The molecule has 122 valence electrons. The van der Waals surface area contributed by atoms with Crippen LogP contribution >= 0.6 is 0 Å². The first-order valence-corrected chi connectivity index (χ1v) is 7.77. The van der Waals surface area contributed by atoms with Crippen molar-refractivity contribution in [1.82, 2.24) is 14.9 Å². The van der Waals surface area contributed by atoms with Gasteiger partial charge in [0, 0.05) is 37.7 Å². The Morgan fingerprint density at radius 2 is 1.46 bits per heavy atom. The van der Waals surface area contributed by atoms with Crippen LogP contribution in [0, 0.1) is 5.82 Å². The standard InChI is InChI=1S/C19H19FN4/c20-16-7-8-19(21)15(11-16)12-24(13-17-5-1-3-9-22-17)14-18-6-2-4-10-23-18/h1-11H,12-14,21H2. The summed E-state index contributed by atoms with van der Waals surface area (Å²) in [5.41, 5.74) is 9.25. The monoisotopic (exact) mass is 322 g/mol. The number of rotatable bonds is 6. The number of nitrogen functional groups attached to an aromatic ring is 1. The average molecular weight is 322 g/mol. The molecule has 0 saturated heterocycles. The van der Waals surface area contributed by atoms with Crippen molar-refractivity contribution in [3.05, 3.63) is 89.8 Å². The molecular weight excluding hydrogens is 303 g/mol. The molecule has 1 aromatic carbocycles. The van der Waals surface area contributed by atoms with E-state index in [1.54, 1.807) is 18.5 Å². The number of aromatic nitrogens is 2. The first-order valence-electron chi connectivity index (χ1n) is 7.77. The highest BCUT2D eigenvalue weighted by atomic mass is 19.1. The fourth-order valence-corrected chi connectivity index (χ4v) is 2.56. The summed E-state index contributed by atoms with van der Waals surface area (Å²) in [5.74, 6) is -0.283. The summed E-state index contributed by atoms with van der Waals surface area (Å²) in [6.07, 6.45) is 3.54. The maximum Gasteiger partial charge on any atom is 0.123 e. The Morgan fingerprint density at radius 3 is 2.00 bits per heavy atom. The molecule has 0 unspecified atom stereocenters. The summed E-state index contributed by atoms with van der Waals surface area (Å²) in [6, 6.07) is 16.1. The van der Waals surface area contributed by atoms with Crippen molar-refractivity contribution in [2.45, 2.75) is 19.6 Å². The molecule has 0 aliphatic rings. The second kappa shape index (κ2) is 7.66. The highest BCUT2D eigenvalue weighted by Crippen LogP contribution is 2.18. The van der Waals surface area contributed by atoms with E-state index in [9.17, 15) is 4.39 Å². The Labute approximate surface area is 140 Å². The molecular formula is C19H19FN4. The Kier molecular flexibility index (Phi) is 5.13. The summed E-state index contributed by atoms with van der Waals surface area (Å²) in [6.45, 7) is 1.79. The van der Waals surface area contributed by atoms with Crippen LogP contribution in [0.15, 0.2) is 67.0 Å². The fourth-order valence-electron chi connectivity index (χ4n) is 2.56. The number of nitrogens with two attached hydrogens (primary N) is 1. The third-order valence-electron chi connectivity index (χ3n) is 3.72. The molecule has 0 amide bonds. The average Bonchev–Trinajstić information content (AvgIpc) is 2.60. The zero-order chi connectivity index (χ0) is 16.8. The Balaban J connectivity index is 1.82. The second-order valence-electron chi connectivity index (χ2n) is 5.63. The first kappa shape index (κ1) is 16.1. The highest BCUT2D eigenvalue weighted by molar-refractivity contribution is 5.46. The van der Waals surface area contributed by atoms with E-state index in [0.717, 1.165) is 17.0 Å². The number of pyridine rings is 2. The number of anilines is 1. The van der Waals surface area contributed by atoms with Gasteiger partial charge in [0.15, 0.2) is 0 Å². The van der Waals surface area contributed by atoms with Crippen molar-refractivity contribution >= 4 is 5.69 Å². The minimum Gasteiger partial charge on any atom is -0.398 e. The molecule has 0 bridgehead atoms. The number of hydrogen-bond donors (Lipinski definition) is 1. The lowest BCUT2D eigenvalue weighted by atomic mass is 10.1. The zero-order valence-corrected chi connectivity index (χ0v) is 13.3. The molecule has 2 heterocycles. The molecule has 3 aromatic rings. The first-order chi connectivity index (χ1) is 11.7. The van der Waals surface area contributed by atoms with E-state index in [-0.39, 0.29) is 5.82 Å². The number of benzene rings is 1. The molecule has 0 radical (unpaired) electrons. The topological polar surface area (TPSA) is 55.0 Å². The fraction of sp³-hybridized carbons (Fsp3) is 0.158. The van der Waals surface area contributed by atoms with E-state index in [1.165, 1.54) is 12.1 Å². The number of halogens is 1. The number of hydrogen-bond acceptors (Lipinski definition) is 4. The second-order valence-corrected chi connectivity index (χ2v) is 5.63. The van der Waals surface area contributed by atoms with Gasteiger partial charge in [0.25, 0.3) is 0 Å². The maximum absolute atomic E-state index is 13.6. The van der Waals surface area contributed by atoms with Gasteiger partial charge in [-0.1, -0.05) is 12.1 Å². The summed E-state index contributed by atoms with van der Waals surface area (Å²) >= 11 is 0. The molecule has 0 aliphatic carbocycles. The van der Waals surface area contributed by atoms with Crippen LogP contribution in [0.5, 0.6) is 0 Å². The van der Waals surface area contributed by atoms with Gasteiger partial charge in [0.1, 0.15) is 5.82 Å². The lowest BCUT2D eigenvalue weighted by Gasteiger charge is -2.22. The quantitative estimate of drug-likeness (QED) is 0.707. The van der Waals surface area contributed by atoms with E-state index in [0.29, 0.717) is 25.3 Å². The van der Waals surface area contributed by atoms with E-state index in [2.05, 4.69) is 14.9 Å². The molecule has 5 heteroatoms. The SMILES string of the molecule is Nc1ccc(F)cc1CN(Cc1ccccn1)Cc1ccccn1. The number of nitrogens with zero attached hydrogens (tertiary/aromatic N) is 3. The minimum absolute atomic E-state index is 0.283. The maximum atomic E-state index is 13.6. The highest BCUT2D eigenvalue weighted by Gasteiger charge is 2.12. The van der Waals surface area contributed by atoms with Gasteiger partial charge in [-0.2, -0.15) is 0 Å². The van der Waals surface area contributed by atoms with E-state index < -0.39 is 0 Å². The van der Waals surface area contributed by atoms with Crippen molar-refractivity contribution in [3.8, 4) is 0 Å². The van der Waals surface area contributed by atoms with Gasteiger partial charge in [0.05, 0.1) is 11.4 Å². The van der Waals surface area contributed by atoms with E-state index in [1.807, 2.05) is 36.4 Å². The molecule has 0 spiro atoms. The van der Waals surface area contributed by atoms with Crippen LogP contribution < -0.4 is 5.73 Å². The molecule has 4 nitrogen and oxygen atoms in total. The molecule has 0 atom stereocenters. The predicted octanol–water partition coefficient (Wildman–Crippen LogP) is 3.40. The molecule has 3 rings (SSSR count). The lowest BCUT2D eigenvalue weighted by Crippen LogP contribution is -2.24. The van der Waals surface area contributed by atoms with Crippen LogP contribution in [0.1, 0.15) is 17.0 Å². The van der Waals surface area contributed by atoms with Crippen LogP contribution in [-0.4, -0.2) is 14.9 Å². The Bertz CT molecular complexity index is 736. The van der Waals surface area contributed by atoms with Crippen molar-refractivity contribution in [1.29, 1.82) is 0 Å². The Hall–Kier alpha value is -2.79.